The second-order valence-corrected chi connectivity index (χ2v) is 6.46. The summed E-state index contributed by atoms with van der Waals surface area (Å²) >= 11 is 0. The summed E-state index contributed by atoms with van der Waals surface area (Å²) in [6.45, 7) is 2.14. The van der Waals surface area contributed by atoms with E-state index < -0.39 is 18.5 Å². The zero-order chi connectivity index (χ0) is 22.3. The van der Waals surface area contributed by atoms with Crippen LogP contribution in [0.3, 0.4) is 0 Å². The molecule has 0 amide bonds. The van der Waals surface area contributed by atoms with Gasteiger partial charge < -0.3 is 23.8 Å². The molecule has 0 aliphatic rings. The molecular weight excluding hydrogens is 402 g/mol. The Morgan fingerprint density at radius 1 is 0.742 bits per heavy atom. The first kappa shape index (κ1) is 23.7. The molecule has 0 bridgehead atoms. The molecule has 2 aromatic carbocycles. The van der Waals surface area contributed by atoms with Crippen LogP contribution in [0, 0.1) is 0 Å². The van der Waals surface area contributed by atoms with Gasteiger partial charge in [0.2, 0.25) is 0 Å². The minimum atomic E-state index is -0.639. The fourth-order valence-corrected chi connectivity index (χ4v) is 2.62. The second kappa shape index (κ2) is 13.6. The number of hydrogen-bond donors (Lipinski definition) is 0. The molecule has 0 unspecified atom stereocenters. The van der Waals surface area contributed by atoms with Crippen LogP contribution in [0.2, 0.25) is 0 Å². The van der Waals surface area contributed by atoms with E-state index in [2.05, 4.69) is 0 Å². The fraction of sp³-hybridized carbons (Fsp3) is 0.348. The van der Waals surface area contributed by atoms with Crippen LogP contribution in [-0.4, -0.2) is 57.4 Å². The smallest absolute Gasteiger partial charge is 0.344 e. The third-order valence-electron chi connectivity index (χ3n) is 4.08. The van der Waals surface area contributed by atoms with E-state index in [0.29, 0.717) is 18.8 Å². The number of ether oxygens (including phenoxy) is 4. The Hall–Kier alpha value is -3.55. The van der Waals surface area contributed by atoms with Crippen LogP contribution in [0.5, 0.6) is 5.75 Å². The molecule has 166 valence electrons. The summed E-state index contributed by atoms with van der Waals surface area (Å²) in [5, 5.41) is 0. The normalized spacial score (nSPS) is 10.1. The molecule has 0 aliphatic heterocycles. The van der Waals surface area contributed by atoms with Crippen molar-refractivity contribution in [2.24, 2.45) is 0 Å². The number of esters is 3. The number of benzene rings is 2. The number of anilines is 1. The lowest BCUT2D eigenvalue weighted by molar-refractivity contribution is -0.159. The molecule has 0 radical (unpaired) electrons. The zero-order valence-electron chi connectivity index (χ0n) is 17.5. The number of carbonyl (C=O) groups excluding carboxylic acids is 3. The molecule has 0 saturated heterocycles. The van der Waals surface area contributed by atoms with E-state index in [1.54, 1.807) is 12.1 Å². The quantitative estimate of drug-likeness (QED) is 0.273. The molecule has 0 atom stereocenters. The minimum absolute atomic E-state index is 0.0587. The highest BCUT2D eigenvalue weighted by Gasteiger charge is 2.13. The van der Waals surface area contributed by atoms with Crippen molar-refractivity contribution in [3.63, 3.8) is 0 Å². The van der Waals surface area contributed by atoms with E-state index in [0.717, 1.165) is 5.69 Å². The summed E-state index contributed by atoms with van der Waals surface area (Å²) in [4.78, 5) is 36.6. The van der Waals surface area contributed by atoms with E-state index in [9.17, 15) is 14.4 Å². The monoisotopic (exact) mass is 429 g/mol. The SMILES string of the molecule is CC(=O)OCCN(CCC(=O)OCC(=O)OCCOc1ccccc1)c1ccccc1. The van der Waals surface area contributed by atoms with Gasteiger partial charge in [0.15, 0.2) is 6.61 Å². The lowest BCUT2D eigenvalue weighted by Crippen LogP contribution is -2.31. The van der Waals surface area contributed by atoms with E-state index in [1.807, 2.05) is 53.4 Å². The summed E-state index contributed by atoms with van der Waals surface area (Å²) in [7, 11) is 0. The summed E-state index contributed by atoms with van der Waals surface area (Å²) in [6.07, 6.45) is 0.0688. The van der Waals surface area contributed by atoms with Crippen LogP contribution in [-0.2, 0) is 28.6 Å². The molecule has 8 nitrogen and oxygen atoms in total. The first-order chi connectivity index (χ1) is 15.0. The zero-order valence-corrected chi connectivity index (χ0v) is 17.5. The number of nitrogens with zero attached hydrogens (tertiary/aromatic N) is 1. The highest BCUT2D eigenvalue weighted by atomic mass is 16.6. The van der Waals surface area contributed by atoms with Crippen LogP contribution in [0.1, 0.15) is 13.3 Å². The number of para-hydroxylation sites is 2. The van der Waals surface area contributed by atoms with Gasteiger partial charge in [0.05, 0.1) is 13.0 Å². The highest BCUT2D eigenvalue weighted by molar-refractivity contribution is 5.76. The van der Waals surface area contributed by atoms with E-state index >= 15 is 0 Å². The van der Waals surface area contributed by atoms with Crippen molar-refractivity contribution >= 4 is 23.6 Å². The first-order valence-corrected chi connectivity index (χ1v) is 9.97. The van der Waals surface area contributed by atoms with Gasteiger partial charge in [-0.2, -0.15) is 0 Å². The van der Waals surface area contributed by atoms with Gasteiger partial charge in [0.1, 0.15) is 25.6 Å². The van der Waals surface area contributed by atoms with E-state index in [-0.39, 0.29) is 32.2 Å². The Bertz CT molecular complexity index is 811. The van der Waals surface area contributed by atoms with Gasteiger partial charge in [0, 0.05) is 19.2 Å². The predicted molar refractivity (Wildman–Crippen MR) is 114 cm³/mol. The summed E-state index contributed by atoms with van der Waals surface area (Å²) in [5.74, 6) is -0.840. The van der Waals surface area contributed by atoms with Crippen LogP contribution in [0.4, 0.5) is 5.69 Å². The largest absolute Gasteiger partial charge is 0.490 e. The fourth-order valence-electron chi connectivity index (χ4n) is 2.62. The second-order valence-electron chi connectivity index (χ2n) is 6.46. The van der Waals surface area contributed by atoms with Crippen molar-refractivity contribution in [1.82, 2.24) is 0 Å². The van der Waals surface area contributed by atoms with Crippen molar-refractivity contribution in [3.05, 3.63) is 60.7 Å². The van der Waals surface area contributed by atoms with Crippen molar-refractivity contribution in [1.29, 1.82) is 0 Å². The molecule has 2 aromatic rings. The molecule has 0 aromatic heterocycles. The van der Waals surface area contributed by atoms with Crippen LogP contribution in [0.25, 0.3) is 0 Å². The van der Waals surface area contributed by atoms with Crippen LogP contribution < -0.4 is 9.64 Å². The van der Waals surface area contributed by atoms with Crippen molar-refractivity contribution in [2.75, 3.05) is 44.4 Å². The number of rotatable bonds is 13. The third-order valence-corrected chi connectivity index (χ3v) is 4.08. The van der Waals surface area contributed by atoms with Gasteiger partial charge in [-0.25, -0.2) is 4.79 Å². The van der Waals surface area contributed by atoms with Crippen molar-refractivity contribution < 1.29 is 33.3 Å². The standard InChI is InChI=1S/C23H27NO7/c1-19(25)28-15-14-24(20-8-4-2-5-9-20)13-12-22(26)31-18-23(27)30-17-16-29-21-10-6-3-7-11-21/h2-11H,12-18H2,1H3. The minimum Gasteiger partial charge on any atom is -0.490 e. The Morgan fingerprint density at radius 2 is 1.42 bits per heavy atom. The first-order valence-electron chi connectivity index (χ1n) is 9.97. The molecule has 0 saturated carbocycles. The molecule has 0 fully saturated rings. The Labute approximate surface area is 181 Å². The Morgan fingerprint density at radius 3 is 2.10 bits per heavy atom. The van der Waals surface area contributed by atoms with Crippen LogP contribution >= 0.6 is 0 Å². The lowest BCUT2D eigenvalue weighted by Gasteiger charge is -2.24. The maximum atomic E-state index is 12.0. The van der Waals surface area contributed by atoms with E-state index in [1.165, 1.54) is 6.92 Å². The highest BCUT2D eigenvalue weighted by Crippen LogP contribution is 2.13. The van der Waals surface area contributed by atoms with Gasteiger partial charge in [-0.3, -0.25) is 9.59 Å². The van der Waals surface area contributed by atoms with Gasteiger partial charge in [-0.05, 0) is 24.3 Å². The Kier molecular flexibility index (Phi) is 10.4. The summed E-state index contributed by atoms with van der Waals surface area (Å²) in [6, 6.07) is 18.6. The maximum Gasteiger partial charge on any atom is 0.344 e. The molecule has 2 rings (SSSR count). The Balaban J connectivity index is 1.65. The molecule has 0 aliphatic carbocycles. The van der Waals surface area contributed by atoms with Crippen molar-refractivity contribution in [3.8, 4) is 5.75 Å². The molecule has 31 heavy (non-hydrogen) atoms. The van der Waals surface area contributed by atoms with Gasteiger partial charge in [-0.1, -0.05) is 36.4 Å². The molecule has 0 spiro atoms. The average Bonchev–Trinajstić information content (AvgIpc) is 2.78. The van der Waals surface area contributed by atoms with E-state index in [4.69, 9.17) is 18.9 Å². The lowest BCUT2D eigenvalue weighted by atomic mass is 10.2. The van der Waals surface area contributed by atoms with Crippen molar-refractivity contribution in [2.45, 2.75) is 13.3 Å². The molecular formula is C23H27NO7. The average molecular weight is 429 g/mol. The number of carbonyl (C=O) groups is 3. The topological polar surface area (TPSA) is 91.4 Å². The molecule has 0 N–H and O–H groups in total. The molecule has 0 heterocycles. The summed E-state index contributed by atoms with van der Waals surface area (Å²) in [5.41, 5.74) is 0.889. The third kappa shape index (κ3) is 10.2. The van der Waals surface area contributed by atoms with Crippen LogP contribution in [0.15, 0.2) is 60.7 Å². The maximum absolute atomic E-state index is 12.0. The predicted octanol–water partition coefficient (Wildman–Crippen LogP) is 2.61. The summed E-state index contributed by atoms with van der Waals surface area (Å²) < 4.78 is 20.4. The number of hydrogen-bond acceptors (Lipinski definition) is 8. The van der Waals surface area contributed by atoms with Gasteiger partial charge in [-0.15, -0.1) is 0 Å². The van der Waals surface area contributed by atoms with Gasteiger partial charge >= 0.3 is 17.9 Å². The van der Waals surface area contributed by atoms with Gasteiger partial charge in [0.25, 0.3) is 0 Å². The molecule has 8 heteroatoms.